The Bertz CT molecular complexity index is 829. The maximum Gasteiger partial charge on any atom is 0.157 e. The predicted molar refractivity (Wildman–Crippen MR) is 98.9 cm³/mol. The third-order valence-electron chi connectivity index (χ3n) is 7.13. The molecule has 1 aromatic carbocycles. The van der Waals surface area contributed by atoms with Crippen molar-refractivity contribution in [3.63, 3.8) is 0 Å². The molecule has 26 heavy (non-hydrogen) atoms. The molecule has 0 aliphatic heterocycles. The van der Waals surface area contributed by atoms with Crippen molar-refractivity contribution in [1.82, 2.24) is 0 Å². The predicted octanol–water partition coefficient (Wildman–Crippen LogP) is 2.81. The highest BCUT2D eigenvalue weighted by Gasteiger charge is 2.59. The third kappa shape index (κ3) is 2.23. The van der Waals surface area contributed by atoms with Crippen molar-refractivity contribution in [2.75, 3.05) is 0 Å². The molecule has 1 spiro atoms. The molecular weight excluding hydrogens is 328 g/mol. The van der Waals surface area contributed by atoms with E-state index in [1.807, 2.05) is 0 Å². The molecule has 1 saturated carbocycles. The Balaban J connectivity index is 1.95. The molecule has 0 aromatic heterocycles. The van der Waals surface area contributed by atoms with Crippen LogP contribution in [0.25, 0.3) is 0 Å². The minimum Gasteiger partial charge on any atom is -0.504 e. The fraction of sp³-hybridized carbons (Fsp3) is 0.636. The quantitative estimate of drug-likeness (QED) is 0.426. The van der Waals surface area contributed by atoms with Crippen LogP contribution >= 0.6 is 0 Å². The van der Waals surface area contributed by atoms with E-state index in [4.69, 9.17) is 0 Å². The van der Waals surface area contributed by atoms with Gasteiger partial charge < -0.3 is 20.4 Å². The van der Waals surface area contributed by atoms with Gasteiger partial charge in [0.1, 0.15) is 0 Å². The SMILES string of the molecule is CC1(C)C[C@]2(C#CC(C)(C)C3C[C@H](O)[C@H](O)CC32)c2cc(O)c(O)cc21. The molecule has 140 valence electrons. The molecule has 3 aliphatic rings. The van der Waals surface area contributed by atoms with Crippen molar-refractivity contribution in [1.29, 1.82) is 0 Å². The highest BCUT2D eigenvalue weighted by atomic mass is 16.3. The topological polar surface area (TPSA) is 80.9 Å². The number of benzene rings is 1. The van der Waals surface area contributed by atoms with Crippen LogP contribution in [-0.2, 0) is 10.8 Å². The lowest BCUT2D eigenvalue weighted by Crippen LogP contribution is -2.53. The van der Waals surface area contributed by atoms with E-state index < -0.39 is 17.6 Å². The van der Waals surface area contributed by atoms with Crippen LogP contribution in [0.2, 0.25) is 0 Å². The molecule has 1 aromatic rings. The van der Waals surface area contributed by atoms with Gasteiger partial charge in [-0.3, -0.25) is 0 Å². The molecule has 3 aliphatic carbocycles. The van der Waals surface area contributed by atoms with Crippen molar-refractivity contribution < 1.29 is 20.4 Å². The van der Waals surface area contributed by atoms with Gasteiger partial charge in [0.25, 0.3) is 0 Å². The average Bonchev–Trinajstić information content (AvgIpc) is 2.75. The molecule has 0 heterocycles. The summed E-state index contributed by atoms with van der Waals surface area (Å²) >= 11 is 0. The summed E-state index contributed by atoms with van der Waals surface area (Å²) in [4.78, 5) is 0. The molecule has 0 radical (unpaired) electrons. The number of aliphatic hydroxyl groups is 2. The number of fused-ring (bicyclic) bond motifs is 4. The van der Waals surface area contributed by atoms with Crippen LogP contribution in [0.3, 0.4) is 0 Å². The van der Waals surface area contributed by atoms with Gasteiger partial charge >= 0.3 is 0 Å². The Morgan fingerprint density at radius 3 is 2.00 bits per heavy atom. The molecule has 0 saturated heterocycles. The Labute approximate surface area is 154 Å². The van der Waals surface area contributed by atoms with Gasteiger partial charge in [0.15, 0.2) is 11.5 Å². The molecule has 1 fully saturated rings. The van der Waals surface area contributed by atoms with E-state index in [1.165, 1.54) is 0 Å². The number of phenolic OH excluding ortho intramolecular Hbond substituents is 2. The van der Waals surface area contributed by atoms with Crippen molar-refractivity contribution in [2.24, 2.45) is 17.3 Å². The van der Waals surface area contributed by atoms with Crippen molar-refractivity contribution in [2.45, 2.75) is 70.0 Å². The van der Waals surface area contributed by atoms with Crippen molar-refractivity contribution in [3.8, 4) is 23.3 Å². The summed E-state index contributed by atoms with van der Waals surface area (Å²) in [6.45, 7) is 8.51. The van der Waals surface area contributed by atoms with Crippen LogP contribution < -0.4 is 0 Å². The Morgan fingerprint density at radius 2 is 1.38 bits per heavy atom. The van der Waals surface area contributed by atoms with Gasteiger partial charge in [-0.25, -0.2) is 0 Å². The zero-order valence-electron chi connectivity index (χ0n) is 15.9. The molecule has 4 heteroatoms. The minimum absolute atomic E-state index is 0.0987. The lowest BCUT2D eigenvalue weighted by molar-refractivity contribution is -0.0806. The zero-order valence-corrected chi connectivity index (χ0v) is 15.9. The van der Waals surface area contributed by atoms with E-state index in [-0.39, 0.29) is 34.2 Å². The Hall–Kier alpha value is -1.70. The number of hydrogen-bond donors (Lipinski definition) is 4. The molecule has 2 unspecified atom stereocenters. The number of hydrogen-bond acceptors (Lipinski definition) is 4. The van der Waals surface area contributed by atoms with Crippen LogP contribution in [0.15, 0.2) is 12.1 Å². The fourth-order valence-corrected chi connectivity index (χ4v) is 5.80. The number of aliphatic hydroxyl groups excluding tert-OH is 2. The van der Waals surface area contributed by atoms with E-state index in [0.29, 0.717) is 12.8 Å². The molecule has 0 amide bonds. The zero-order chi connectivity index (χ0) is 19.1. The second-order valence-electron chi connectivity index (χ2n) is 9.71. The normalized spacial score (nSPS) is 39.0. The van der Waals surface area contributed by atoms with Crippen LogP contribution in [0.1, 0.15) is 58.1 Å². The molecule has 4 nitrogen and oxygen atoms in total. The lowest BCUT2D eigenvalue weighted by Gasteiger charge is -2.52. The van der Waals surface area contributed by atoms with Gasteiger partial charge in [-0.15, -0.1) is 0 Å². The van der Waals surface area contributed by atoms with Crippen molar-refractivity contribution >= 4 is 0 Å². The van der Waals surface area contributed by atoms with Gasteiger partial charge in [-0.1, -0.05) is 25.7 Å². The number of rotatable bonds is 0. The van der Waals surface area contributed by atoms with Crippen LogP contribution in [0.4, 0.5) is 0 Å². The molecule has 4 rings (SSSR count). The lowest BCUT2D eigenvalue weighted by atomic mass is 9.51. The van der Waals surface area contributed by atoms with Crippen LogP contribution in [-0.4, -0.2) is 32.6 Å². The highest BCUT2D eigenvalue weighted by Crippen LogP contribution is 2.62. The van der Waals surface area contributed by atoms with Gasteiger partial charge in [0.2, 0.25) is 0 Å². The van der Waals surface area contributed by atoms with Crippen molar-refractivity contribution in [3.05, 3.63) is 23.3 Å². The number of phenols is 2. The van der Waals surface area contributed by atoms with E-state index in [0.717, 1.165) is 17.5 Å². The maximum atomic E-state index is 10.4. The summed E-state index contributed by atoms with van der Waals surface area (Å²) in [5.41, 5.74) is 1.09. The maximum absolute atomic E-state index is 10.4. The first kappa shape index (κ1) is 17.7. The van der Waals surface area contributed by atoms with E-state index >= 15 is 0 Å². The van der Waals surface area contributed by atoms with E-state index in [2.05, 4.69) is 39.5 Å². The highest BCUT2D eigenvalue weighted by molar-refractivity contribution is 5.59. The summed E-state index contributed by atoms with van der Waals surface area (Å²) in [6.07, 6.45) is 0.359. The molecule has 4 N–H and O–H groups in total. The first-order valence-electron chi connectivity index (χ1n) is 9.45. The largest absolute Gasteiger partial charge is 0.504 e. The standard InChI is InChI=1S/C22H28O4/c1-20(2)5-6-22(14-9-18(25)16(23)7-12(14)20)11-21(3,4)13-8-17(24)19(26)10-15(13)22/h8,10,12,14,16,18,23-26H,7,9,11H2,1-4H3/t12?,14?,16-,18+,22-/m0/s1. The van der Waals surface area contributed by atoms with Gasteiger partial charge in [-0.05, 0) is 73.6 Å². The minimum atomic E-state index is -0.748. The number of aromatic hydroxyl groups is 2. The summed E-state index contributed by atoms with van der Waals surface area (Å²) in [6, 6.07) is 3.34. The summed E-state index contributed by atoms with van der Waals surface area (Å²) in [5.74, 6) is 7.03. The van der Waals surface area contributed by atoms with E-state index in [1.54, 1.807) is 12.1 Å². The second kappa shape index (κ2) is 5.18. The van der Waals surface area contributed by atoms with Crippen LogP contribution in [0.5, 0.6) is 11.5 Å². The fourth-order valence-electron chi connectivity index (χ4n) is 5.80. The third-order valence-corrected chi connectivity index (χ3v) is 7.13. The summed E-state index contributed by atoms with van der Waals surface area (Å²) in [5, 5.41) is 40.9. The summed E-state index contributed by atoms with van der Waals surface area (Å²) < 4.78 is 0. The average molecular weight is 356 g/mol. The Morgan fingerprint density at radius 1 is 0.846 bits per heavy atom. The monoisotopic (exact) mass is 356 g/mol. The summed E-state index contributed by atoms with van der Waals surface area (Å²) in [7, 11) is 0. The van der Waals surface area contributed by atoms with Gasteiger partial charge in [0.05, 0.1) is 17.6 Å². The van der Waals surface area contributed by atoms with Crippen LogP contribution in [0, 0.1) is 29.1 Å². The molecule has 0 bridgehead atoms. The first-order chi connectivity index (χ1) is 12.0. The molecule has 5 atom stereocenters. The van der Waals surface area contributed by atoms with E-state index in [9.17, 15) is 20.4 Å². The first-order valence-corrected chi connectivity index (χ1v) is 9.45. The smallest absolute Gasteiger partial charge is 0.157 e. The Kier molecular flexibility index (Phi) is 3.53. The second-order valence-corrected chi connectivity index (χ2v) is 9.71. The van der Waals surface area contributed by atoms with Gasteiger partial charge in [0, 0.05) is 5.41 Å². The molecular formula is C22H28O4. The van der Waals surface area contributed by atoms with Gasteiger partial charge in [-0.2, -0.15) is 0 Å².